The van der Waals surface area contributed by atoms with Crippen LogP contribution in [0.3, 0.4) is 0 Å². The van der Waals surface area contributed by atoms with Crippen molar-refractivity contribution in [3.8, 4) is 5.75 Å². The van der Waals surface area contributed by atoms with E-state index >= 15 is 0 Å². The quantitative estimate of drug-likeness (QED) is 0.337. The van der Waals surface area contributed by atoms with Gasteiger partial charge in [0.1, 0.15) is 24.2 Å². The Kier molecular flexibility index (Phi) is 6.89. The van der Waals surface area contributed by atoms with Crippen molar-refractivity contribution in [1.29, 1.82) is 0 Å². The number of piperidine rings is 1. The Morgan fingerprint density at radius 2 is 2.05 bits per heavy atom. The van der Waals surface area contributed by atoms with Gasteiger partial charge in [-0.3, -0.25) is 4.98 Å². The number of hydrogen-bond donors (Lipinski definition) is 1. The lowest BCUT2D eigenvalue weighted by Crippen LogP contribution is -2.41. The van der Waals surface area contributed by atoms with E-state index in [1.165, 1.54) is 23.0 Å². The molecule has 2 atom stereocenters. The molecule has 2 fully saturated rings. The second-order valence-corrected chi connectivity index (χ2v) is 12.5. The summed E-state index contributed by atoms with van der Waals surface area (Å²) in [4.78, 5) is 24.4. The summed E-state index contributed by atoms with van der Waals surface area (Å²) in [5.74, 6) is 3.38. The second kappa shape index (κ2) is 10.7. The van der Waals surface area contributed by atoms with Crippen molar-refractivity contribution in [3.63, 3.8) is 0 Å². The minimum atomic E-state index is 0.305. The summed E-state index contributed by atoms with van der Waals surface area (Å²) in [6.45, 7) is 4.42. The Morgan fingerprint density at radius 3 is 2.88 bits per heavy atom. The molecule has 3 aromatic heterocycles. The molecule has 4 aliphatic rings. The maximum absolute atomic E-state index is 6.47. The second-order valence-electron chi connectivity index (χ2n) is 11.4. The molecule has 3 aromatic rings. The molecule has 1 spiro atoms. The lowest BCUT2D eigenvalue weighted by Gasteiger charge is -2.39. The van der Waals surface area contributed by atoms with Crippen molar-refractivity contribution >= 4 is 29.2 Å². The number of nitrogens with zero attached hydrogens (tertiary/aromatic N) is 6. The maximum atomic E-state index is 6.47. The summed E-state index contributed by atoms with van der Waals surface area (Å²) in [6.07, 6.45) is 11.1. The number of nitrogen functional groups attached to an aromatic ring is 1. The normalized spacial score (nSPS) is 22.6. The van der Waals surface area contributed by atoms with Gasteiger partial charge < -0.3 is 29.7 Å². The lowest BCUT2D eigenvalue weighted by molar-refractivity contribution is -0.0414. The molecular weight excluding hydrogens is 526 g/mol. The van der Waals surface area contributed by atoms with Gasteiger partial charge in [0.15, 0.2) is 17.4 Å². The van der Waals surface area contributed by atoms with Crippen molar-refractivity contribution < 1.29 is 14.2 Å². The first-order valence-corrected chi connectivity index (χ1v) is 14.9. The minimum Gasteiger partial charge on any atom is -0.486 e. The molecule has 11 heteroatoms. The molecule has 7 rings (SSSR count). The Hall–Kier alpha value is -3.15. The molecule has 0 radical (unpaired) electrons. The van der Waals surface area contributed by atoms with Gasteiger partial charge in [0, 0.05) is 50.7 Å². The number of hydrogen-bond acceptors (Lipinski definition) is 11. The summed E-state index contributed by atoms with van der Waals surface area (Å²) < 4.78 is 16.9. The van der Waals surface area contributed by atoms with Crippen LogP contribution < -0.4 is 20.3 Å². The fraction of sp³-hybridized carbons (Fsp3) is 0.517. The zero-order valence-corrected chi connectivity index (χ0v) is 23.6. The fourth-order valence-electron chi connectivity index (χ4n) is 6.76. The highest BCUT2D eigenvalue weighted by atomic mass is 32.2. The molecule has 1 aliphatic carbocycles. The van der Waals surface area contributed by atoms with Crippen LogP contribution in [-0.2, 0) is 22.3 Å². The van der Waals surface area contributed by atoms with E-state index in [1.807, 2.05) is 24.7 Å². The van der Waals surface area contributed by atoms with Gasteiger partial charge in [-0.15, -0.1) is 0 Å². The molecule has 10 nitrogen and oxygen atoms in total. The zero-order chi connectivity index (χ0) is 27.1. The topological polar surface area (TPSA) is 112 Å². The van der Waals surface area contributed by atoms with Crippen LogP contribution in [0, 0.1) is 11.3 Å². The summed E-state index contributed by atoms with van der Waals surface area (Å²) in [5.41, 5.74) is 9.49. The van der Waals surface area contributed by atoms with E-state index in [1.54, 1.807) is 7.11 Å². The average molecular weight is 562 g/mol. The molecule has 40 heavy (non-hydrogen) atoms. The van der Waals surface area contributed by atoms with Crippen molar-refractivity contribution in [2.75, 3.05) is 62.3 Å². The van der Waals surface area contributed by atoms with E-state index in [0.29, 0.717) is 48.2 Å². The monoisotopic (exact) mass is 561 g/mol. The Bertz CT molecular complexity index is 1360. The zero-order valence-electron chi connectivity index (χ0n) is 22.8. The van der Waals surface area contributed by atoms with Crippen LogP contribution in [0.15, 0.2) is 46.7 Å². The molecule has 2 N–H and O–H groups in total. The Labute approximate surface area is 238 Å². The smallest absolute Gasteiger partial charge is 0.175 e. The Morgan fingerprint density at radius 1 is 1.15 bits per heavy atom. The van der Waals surface area contributed by atoms with Crippen molar-refractivity contribution in [2.24, 2.45) is 11.3 Å². The summed E-state index contributed by atoms with van der Waals surface area (Å²) in [7, 11) is 1.64. The predicted molar refractivity (Wildman–Crippen MR) is 153 cm³/mol. The van der Waals surface area contributed by atoms with Gasteiger partial charge in [0.05, 0.1) is 23.7 Å². The van der Waals surface area contributed by atoms with Gasteiger partial charge in [-0.1, -0.05) is 17.8 Å². The van der Waals surface area contributed by atoms with E-state index in [0.717, 1.165) is 74.0 Å². The number of methoxy groups -OCH3 is 1. The van der Waals surface area contributed by atoms with E-state index in [2.05, 4.69) is 31.9 Å². The van der Waals surface area contributed by atoms with Crippen LogP contribution in [0.25, 0.3) is 0 Å². The SMILES string of the molecule is COCOC[C@@H]1C[C@@H]2COc3c(Sc4ncc(N5CCC6(CC5)Cc5cccnc5C6)nc4N)ccnc3N2C1. The van der Waals surface area contributed by atoms with Crippen LogP contribution in [0.5, 0.6) is 5.75 Å². The van der Waals surface area contributed by atoms with Crippen LogP contribution in [0.2, 0.25) is 0 Å². The summed E-state index contributed by atoms with van der Waals surface area (Å²) in [6, 6.07) is 6.56. The lowest BCUT2D eigenvalue weighted by atomic mass is 9.76. The van der Waals surface area contributed by atoms with Crippen LogP contribution in [0.1, 0.15) is 30.5 Å². The third-order valence-electron chi connectivity index (χ3n) is 8.80. The summed E-state index contributed by atoms with van der Waals surface area (Å²) >= 11 is 1.49. The van der Waals surface area contributed by atoms with Crippen molar-refractivity contribution in [3.05, 3.63) is 48.0 Å². The van der Waals surface area contributed by atoms with E-state index in [4.69, 9.17) is 29.9 Å². The molecule has 210 valence electrons. The van der Waals surface area contributed by atoms with E-state index in [9.17, 15) is 0 Å². The van der Waals surface area contributed by atoms with Crippen LogP contribution in [-0.4, -0.2) is 72.7 Å². The van der Waals surface area contributed by atoms with Gasteiger partial charge in [-0.25, -0.2) is 15.0 Å². The van der Waals surface area contributed by atoms with Gasteiger partial charge >= 0.3 is 0 Å². The molecule has 3 aliphatic heterocycles. The first kappa shape index (κ1) is 25.8. The van der Waals surface area contributed by atoms with Gasteiger partial charge in [0.2, 0.25) is 0 Å². The highest BCUT2D eigenvalue weighted by molar-refractivity contribution is 7.99. The molecule has 0 amide bonds. The third kappa shape index (κ3) is 4.84. The van der Waals surface area contributed by atoms with Gasteiger partial charge in [-0.05, 0) is 55.2 Å². The number of anilines is 3. The van der Waals surface area contributed by atoms with E-state index < -0.39 is 0 Å². The van der Waals surface area contributed by atoms with Crippen molar-refractivity contribution in [2.45, 2.75) is 48.1 Å². The number of fused-ring (bicyclic) bond motifs is 4. The number of nitrogens with two attached hydrogens (primary N) is 1. The molecule has 0 bridgehead atoms. The molecule has 6 heterocycles. The molecule has 0 saturated carbocycles. The fourth-order valence-corrected chi connectivity index (χ4v) is 7.60. The summed E-state index contributed by atoms with van der Waals surface area (Å²) in [5, 5.41) is 0.681. The Balaban J connectivity index is 1.01. The number of rotatable bonds is 7. The molecule has 0 unspecified atom stereocenters. The minimum absolute atomic E-state index is 0.305. The van der Waals surface area contributed by atoms with Gasteiger partial charge in [-0.2, -0.15) is 0 Å². The number of ether oxygens (including phenoxy) is 3. The molecule has 2 saturated heterocycles. The highest BCUT2D eigenvalue weighted by Crippen LogP contribution is 2.47. The third-order valence-corrected chi connectivity index (χ3v) is 9.85. The van der Waals surface area contributed by atoms with Crippen molar-refractivity contribution in [1.82, 2.24) is 19.9 Å². The molecular formula is C29H35N7O3S. The maximum Gasteiger partial charge on any atom is 0.175 e. The standard InChI is InChI=1S/C29H35N7O3S/c1-37-18-38-16-19-11-21-17-39-25-23(4-8-32-27(25)36(21)15-19)40-28-26(30)34-24(14-33-28)35-9-5-29(6-10-35)12-20-3-2-7-31-22(20)13-29/h2-4,7-8,14,19,21H,5-6,9-13,15-18H2,1H3,(H2,30,34)/t19-,21-/m1/s1. The molecule has 0 aromatic carbocycles. The first-order chi connectivity index (χ1) is 19.6. The highest BCUT2D eigenvalue weighted by Gasteiger charge is 2.41. The van der Waals surface area contributed by atoms with Crippen LogP contribution in [0.4, 0.5) is 17.5 Å². The number of aromatic nitrogens is 4. The first-order valence-electron chi connectivity index (χ1n) is 14.0. The van der Waals surface area contributed by atoms with Crippen LogP contribution >= 0.6 is 11.8 Å². The van der Waals surface area contributed by atoms with Gasteiger partial charge in [0.25, 0.3) is 0 Å². The average Bonchev–Trinajstić information content (AvgIpc) is 3.56. The predicted octanol–water partition coefficient (Wildman–Crippen LogP) is 3.59. The largest absolute Gasteiger partial charge is 0.486 e. The number of pyridine rings is 2. The van der Waals surface area contributed by atoms with E-state index in [-0.39, 0.29) is 0 Å².